The van der Waals surface area contributed by atoms with Crippen molar-refractivity contribution >= 4 is 11.6 Å². The summed E-state index contributed by atoms with van der Waals surface area (Å²) >= 11 is 0. The van der Waals surface area contributed by atoms with Crippen molar-refractivity contribution in [3.05, 3.63) is 36.9 Å². The van der Waals surface area contributed by atoms with Crippen molar-refractivity contribution in [3.8, 4) is 11.3 Å². The Morgan fingerprint density at radius 3 is 3.05 bits per heavy atom. The van der Waals surface area contributed by atoms with Crippen LogP contribution in [0.15, 0.2) is 41.3 Å². The van der Waals surface area contributed by atoms with Gasteiger partial charge in [-0.05, 0) is 24.6 Å². The van der Waals surface area contributed by atoms with Gasteiger partial charge in [0.2, 0.25) is 5.91 Å². The molecule has 1 aliphatic heterocycles. The number of hydrogen-bond acceptors (Lipinski definition) is 4. The van der Waals surface area contributed by atoms with E-state index < -0.39 is 0 Å². The summed E-state index contributed by atoms with van der Waals surface area (Å²) in [7, 11) is 0. The van der Waals surface area contributed by atoms with Crippen LogP contribution in [0.5, 0.6) is 0 Å². The van der Waals surface area contributed by atoms with Crippen molar-refractivity contribution in [2.24, 2.45) is 11.7 Å². The quantitative estimate of drug-likeness (QED) is 0.907. The summed E-state index contributed by atoms with van der Waals surface area (Å²) in [5, 5.41) is 0. The number of carbonyl (C=O) groups is 1. The Bertz CT molecular complexity index is 580. The third kappa shape index (κ3) is 2.24. The average Bonchev–Trinajstić information content (AvgIpc) is 3.08. The molecule has 0 spiro atoms. The van der Waals surface area contributed by atoms with Crippen LogP contribution in [0.4, 0.5) is 5.69 Å². The van der Waals surface area contributed by atoms with E-state index in [1.807, 2.05) is 24.3 Å². The van der Waals surface area contributed by atoms with Gasteiger partial charge in [-0.25, -0.2) is 4.98 Å². The predicted octanol–water partition coefficient (Wildman–Crippen LogP) is 1.65. The highest BCUT2D eigenvalue weighted by atomic mass is 16.3. The van der Waals surface area contributed by atoms with Crippen LogP contribution in [0.2, 0.25) is 0 Å². The minimum Gasteiger partial charge on any atom is -0.444 e. The second-order valence-electron chi connectivity index (χ2n) is 4.73. The first-order chi connectivity index (χ1) is 9.28. The fourth-order valence-corrected chi connectivity index (χ4v) is 2.37. The molecule has 5 nitrogen and oxygen atoms in total. The molecular formula is C14H15N3O2. The molecule has 1 saturated heterocycles. The van der Waals surface area contributed by atoms with E-state index in [0.29, 0.717) is 25.3 Å². The lowest BCUT2D eigenvalue weighted by Gasteiger charge is -2.17. The SMILES string of the molecule is NCC1CC(=O)N(c2cccc(-c3cnco3)c2)C1. The van der Waals surface area contributed by atoms with Crippen molar-refractivity contribution < 1.29 is 9.21 Å². The third-order valence-electron chi connectivity index (χ3n) is 3.41. The molecule has 2 heterocycles. The summed E-state index contributed by atoms with van der Waals surface area (Å²) in [5.41, 5.74) is 7.44. The number of aromatic nitrogens is 1. The second-order valence-corrected chi connectivity index (χ2v) is 4.73. The topological polar surface area (TPSA) is 72.4 Å². The Morgan fingerprint density at radius 1 is 1.47 bits per heavy atom. The first-order valence-electron chi connectivity index (χ1n) is 6.27. The van der Waals surface area contributed by atoms with Gasteiger partial charge in [-0.15, -0.1) is 0 Å². The number of oxazole rings is 1. The Kier molecular flexibility index (Phi) is 3.05. The van der Waals surface area contributed by atoms with Crippen molar-refractivity contribution in [1.82, 2.24) is 4.98 Å². The van der Waals surface area contributed by atoms with Crippen LogP contribution in [-0.2, 0) is 4.79 Å². The maximum Gasteiger partial charge on any atom is 0.227 e. The molecule has 1 atom stereocenters. The molecule has 0 bridgehead atoms. The number of amides is 1. The minimum atomic E-state index is 0.130. The van der Waals surface area contributed by atoms with Crippen molar-refractivity contribution in [3.63, 3.8) is 0 Å². The lowest BCUT2D eigenvalue weighted by Crippen LogP contribution is -2.25. The number of carbonyl (C=O) groups excluding carboxylic acids is 1. The van der Waals surface area contributed by atoms with Crippen LogP contribution < -0.4 is 10.6 Å². The molecule has 1 aromatic carbocycles. The molecule has 19 heavy (non-hydrogen) atoms. The highest BCUT2D eigenvalue weighted by Gasteiger charge is 2.29. The molecule has 3 rings (SSSR count). The van der Waals surface area contributed by atoms with Gasteiger partial charge in [0, 0.05) is 24.2 Å². The molecule has 2 aromatic rings. The summed E-state index contributed by atoms with van der Waals surface area (Å²) in [6, 6.07) is 7.72. The lowest BCUT2D eigenvalue weighted by atomic mass is 10.1. The average molecular weight is 257 g/mol. The Morgan fingerprint density at radius 2 is 2.37 bits per heavy atom. The number of benzene rings is 1. The maximum atomic E-state index is 12.0. The molecule has 98 valence electrons. The first-order valence-corrected chi connectivity index (χ1v) is 6.27. The van der Waals surface area contributed by atoms with Gasteiger partial charge >= 0.3 is 0 Å². The van der Waals surface area contributed by atoms with Gasteiger partial charge in [-0.3, -0.25) is 4.79 Å². The van der Waals surface area contributed by atoms with E-state index in [1.165, 1.54) is 6.39 Å². The fraction of sp³-hybridized carbons (Fsp3) is 0.286. The largest absolute Gasteiger partial charge is 0.444 e. The fourth-order valence-electron chi connectivity index (χ4n) is 2.37. The van der Waals surface area contributed by atoms with Gasteiger partial charge in [0.25, 0.3) is 0 Å². The molecule has 1 aromatic heterocycles. The Labute approximate surface area is 111 Å². The zero-order valence-corrected chi connectivity index (χ0v) is 10.5. The number of nitrogens with two attached hydrogens (primary N) is 1. The minimum absolute atomic E-state index is 0.130. The van der Waals surface area contributed by atoms with Gasteiger partial charge in [0.05, 0.1) is 6.20 Å². The van der Waals surface area contributed by atoms with E-state index in [0.717, 1.165) is 11.3 Å². The Balaban J connectivity index is 1.90. The predicted molar refractivity (Wildman–Crippen MR) is 71.5 cm³/mol. The number of hydrogen-bond donors (Lipinski definition) is 1. The highest BCUT2D eigenvalue weighted by molar-refractivity contribution is 5.96. The normalized spacial score (nSPS) is 19.1. The van der Waals surface area contributed by atoms with Crippen LogP contribution >= 0.6 is 0 Å². The van der Waals surface area contributed by atoms with Crippen LogP contribution in [0.25, 0.3) is 11.3 Å². The Hall–Kier alpha value is -2.14. The smallest absolute Gasteiger partial charge is 0.227 e. The van der Waals surface area contributed by atoms with E-state index >= 15 is 0 Å². The van der Waals surface area contributed by atoms with Crippen molar-refractivity contribution in [1.29, 1.82) is 0 Å². The molecule has 5 heteroatoms. The van der Waals surface area contributed by atoms with Crippen LogP contribution in [0.1, 0.15) is 6.42 Å². The molecule has 0 radical (unpaired) electrons. The van der Waals surface area contributed by atoms with Gasteiger partial charge in [-0.2, -0.15) is 0 Å². The molecule has 1 amide bonds. The van der Waals surface area contributed by atoms with E-state index in [9.17, 15) is 4.79 Å². The van der Waals surface area contributed by atoms with Gasteiger partial charge < -0.3 is 15.1 Å². The zero-order valence-electron chi connectivity index (χ0n) is 10.5. The van der Waals surface area contributed by atoms with E-state index in [2.05, 4.69) is 4.98 Å². The lowest BCUT2D eigenvalue weighted by molar-refractivity contribution is -0.117. The van der Waals surface area contributed by atoms with Crippen molar-refractivity contribution in [2.45, 2.75) is 6.42 Å². The molecule has 0 aliphatic carbocycles. The van der Waals surface area contributed by atoms with E-state index in [4.69, 9.17) is 10.2 Å². The van der Waals surface area contributed by atoms with E-state index in [1.54, 1.807) is 11.1 Å². The van der Waals surface area contributed by atoms with Crippen LogP contribution in [0.3, 0.4) is 0 Å². The molecule has 0 saturated carbocycles. The number of nitrogens with zero attached hydrogens (tertiary/aromatic N) is 2. The molecule has 1 unspecified atom stereocenters. The highest BCUT2D eigenvalue weighted by Crippen LogP contribution is 2.28. The van der Waals surface area contributed by atoms with Gasteiger partial charge in [0.1, 0.15) is 0 Å². The van der Waals surface area contributed by atoms with Gasteiger partial charge in [-0.1, -0.05) is 12.1 Å². The standard InChI is InChI=1S/C14H15N3O2/c15-6-10-4-14(18)17(8-10)12-3-1-2-11(5-12)13-7-16-9-19-13/h1-3,5,7,9-10H,4,6,8,15H2. The summed E-state index contributed by atoms with van der Waals surface area (Å²) in [5.74, 6) is 1.08. The molecule has 1 aliphatic rings. The first kappa shape index (κ1) is 11.9. The summed E-state index contributed by atoms with van der Waals surface area (Å²) in [4.78, 5) is 17.7. The monoisotopic (exact) mass is 257 g/mol. The third-order valence-corrected chi connectivity index (χ3v) is 3.41. The van der Waals surface area contributed by atoms with Gasteiger partial charge in [0.15, 0.2) is 12.2 Å². The summed E-state index contributed by atoms with van der Waals surface area (Å²) < 4.78 is 5.27. The van der Waals surface area contributed by atoms with E-state index in [-0.39, 0.29) is 11.8 Å². The molecule has 1 fully saturated rings. The number of rotatable bonds is 3. The van der Waals surface area contributed by atoms with Crippen LogP contribution in [-0.4, -0.2) is 24.0 Å². The van der Waals surface area contributed by atoms with Crippen LogP contribution in [0, 0.1) is 5.92 Å². The number of anilines is 1. The molecule has 2 N–H and O–H groups in total. The zero-order chi connectivity index (χ0) is 13.2. The van der Waals surface area contributed by atoms with Crippen molar-refractivity contribution in [2.75, 3.05) is 18.0 Å². The second kappa shape index (κ2) is 4.85. The summed E-state index contributed by atoms with van der Waals surface area (Å²) in [6.07, 6.45) is 3.59. The molecular weight excluding hydrogens is 242 g/mol. The summed E-state index contributed by atoms with van der Waals surface area (Å²) in [6.45, 7) is 1.24. The maximum absolute atomic E-state index is 12.0.